The second-order valence-corrected chi connectivity index (χ2v) is 9.42. The van der Waals surface area contributed by atoms with Crippen LogP contribution in [-0.4, -0.2) is 57.5 Å². The first kappa shape index (κ1) is 23.1. The molecular formula is C27H26FN5OS. The fourth-order valence-electron chi connectivity index (χ4n) is 4.15. The minimum absolute atomic E-state index is 0.0773. The van der Waals surface area contributed by atoms with Crippen molar-refractivity contribution in [3.05, 3.63) is 90.2 Å². The van der Waals surface area contributed by atoms with Gasteiger partial charge in [0.15, 0.2) is 11.0 Å². The summed E-state index contributed by atoms with van der Waals surface area (Å²) in [5, 5.41) is 9.58. The highest BCUT2D eigenvalue weighted by Crippen LogP contribution is 2.28. The summed E-state index contributed by atoms with van der Waals surface area (Å²) in [4.78, 5) is 17.1. The molecule has 1 fully saturated rings. The Morgan fingerprint density at radius 2 is 1.51 bits per heavy atom. The van der Waals surface area contributed by atoms with Crippen molar-refractivity contribution >= 4 is 23.4 Å². The lowest BCUT2D eigenvalue weighted by Gasteiger charge is -2.36. The molecule has 2 heterocycles. The van der Waals surface area contributed by atoms with Crippen LogP contribution in [0.3, 0.4) is 0 Å². The highest BCUT2D eigenvalue weighted by molar-refractivity contribution is 7.99. The van der Waals surface area contributed by atoms with Gasteiger partial charge in [0.25, 0.3) is 0 Å². The van der Waals surface area contributed by atoms with E-state index in [0.29, 0.717) is 18.2 Å². The van der Waals surface area contributed by atoms with Crippen molar-refractivity contribution in [2.75, 3.05) is 36.8 Å². The van der Waals surface area contributed by atoms with Crippen LogP contribution in [0.1, 0.15) is 5.56 Å². The van der Waals surface area contributed by atoms with E-state index in [2.05, 4.69) is 34.2 Å². The van der Waals surface area contributed by atoms with Crippen molar-refractivity contribution in [2.45, 2.75) is 12.1 Å². The molecule has 0 bridgehead atoms. The monoisotopic (exact) mass is 487 g/mol. The molecule has 0 unspecified atom stereocenters. The number of hydrogen-bond donors (Lipinski definition) is 0. The van der Waals surface area contributed by atoms with Crippen molar-refractivity contribution in [3.63, 3.8) is 0 Å². The molecule has 0 radical (unpaired) electrons. The maximum Gasteiger partial charge on any atom is 0.233 e. The number of piperazine rings is 1. The maximum absolute atomic E-state index is 13.2. The average molecular weight is 488 g/mol. The van der Waals surface area contributed by atoms with E-state index in [4.69, 9.17) is 0 Å². The van der Waals surface area contributed by atoms with E-state index in [1.54, 1.807) is 12.1 Å². The smallest absolute Gasteiger partial charge is 0.233 e. The lowest BCUT2D eigenvalue weighted by Crippen LogP contribution is -2.49. The van der Waals surface area contributed by atoms with Crippen LogP contribution in [0.15, 0.2) is 84.0 Å². The van der Waals surface area contributed by atoms with Crippen molar-refractivity contribution in [3.8, 4) is 17.1 Å². The van der Waals surface area contributed by atoms with Gasteiger partial charge in [-0.1, -0.05) is 59.8 Å². The SMILES string of the molecule is Cc1ccc(-n2c(SCC(=O)N3CCN(c4ccc(F)cc4)CC3)nnc2-c2ccccc2)cc1. The Kier molecular flexibility index (Phi) is 6.81. The standard InChI is InChI=1S/C27H26FN5OS/c1-20-7-11-24(12-8-20)33-26(21-5-3-2-4-6-21)29-30-27(33)35-19-25(34)32-17-15-31(16-18-32)23-13-9-22(28)10-14-23/h2-14H,15-19H2,1H3. The number of amides is 1. The number of aromatic nitrogens is 3. The van der Waals surface area contributed by atoms with Crippen LogP contribution in [0.2, 0.25) is 0 Å². The Morgan fingerprint density at radius 1 is 0.857 bits per heavy atom. The van der Waals surface area contributed by atoms with Gasteiger partial charge in [-0.2, -0.15) is 0 Å². The number of thioether (sulfide) groups is 1. The van der Waals surface area contributed by atoms with E-state index in [9.17, 15) is 9.18 Å². The molecule has 35 heavy (non-hydrogen) atoms. The first-order valence-corrected chi connectivity index (χ1v) is 12.6. The van der Waals surface area contributed by atoms with Gasteiger partial charge in [0.2, 0.25) is 5.91 Å². The van der Waals surface area contributed by atoms with Crippen molar-refractivity contribution in [2.24, 2.45) is 0 Å². The summed E-state index contributed by atoms with van der Waals surface area (Å²) in [6, 6.07) is 24.7. The predicted molar refractivity (Wildman–Crippen MR) is 137 cm³/mol. The normalized spacial score (nSPS) is 13.8. The summed E-state index contributed by atoms with van der Waals surface area (Å²) >= 11 is 1.40. The molecule has 0 aliphatic carbocycles. The number of anilines is 1. The molecule has 0 N–H and O–H groups in total. The number of nitrogens with zero attached hydrogens (tertiary/aromatic N) is 5. The maximum atomic E-state index is 13.2. The van der Waals surface area contributed by atoms with Gasteiger partial charge in [-0.25, -0.2) is 4.39 Å². The van der Waals surface area contributed by atoms with Crippen molar-refractivity contribution < 1.29 is 9.18 Å². The number of hydrogen-bond acceptors (Lipinski definition) is 5. The molecular weight excluding hydrogens is 461 g/mol. The molecule has 0 saturated carbocycles. The lowest BCUT2D eigenvalue weighted by molar-refractivity contribution is -0.128. The number of halogens is 1. The molecule has 0 spiro atoms. The molecule has 1 aromatic heterocycles. The van der Waals surface area contributed by atoms with Gasteiger partial charge >= 0.3 is 0 Å². The van der Waals surface area contributed by atoms with Gasteiger partial charge in [0.1, 0.15) is 5.82 Å². The molecule has 1 amide bonds. The zero-order valence-corrected chi connectivity index (χ0v) is 20.3. The number of carbonyl (C=O) groups excluding carboxylic acids is 1. The molecule has 6 nitrogen and oxygen atoms in total. The summed E-state index contributed by atoms with van der Waals surface area (Å²) in [5.74, 6) is 0.870. The number of aryl methyl sites for hydroxylation is 1. The quantitative estimate of drug-likeness (QED) is 0.365. The third kappa shape index (κ3) is 5.22. The van der Waals surface area contributed by atoms with E-state index >= 15 is 0 Å². The van der Waals surface area contributed by atoms with Crippen LogP contribution in [0.25, 0.3) is 17.1 Å². The van der Waals surface area contributed by atoms with E-state index in [0.717, 1.165) is 35.9 Å². The van der Waals surface area contributed by atoms with Crippen LogP contribution in [0.5, 0.6) is 0 Å². The Balaban J connectivity index is 1.28. The van der Waals surface area contributed by atoms with Gasteiger partial charge in [-0.05, 0) is 43.3 Å². The lowest BCUT2D eigenvalue weighted by atomic mass is 10.2. The Bertz CT molecular complexity index is 1280. The number of benzene rings is 3. The highest BCUT2D eigenvalue weighted by Gasteiger charge is 2.23. The zero-order valence-electron chi connectivity index (χ0n) is 19.5. The second-order valence-electron chi connectivity index (χ2n) is 8.48. The zero-order chi connectivity index (χ0) is 24.2. The first-order valence-electron chi connectivity index (χ1n) is 11.6. The fourth-order valence-corrected chi connectivity index (χ4v) is 5.00. The highest BCUT2D eigenvalue weighted by atomic mass is 32.2. The Labute approximate surface area is 208 Å². The number of carbonyl (C=O) groups is 1. The van der Waals surface area contributed by atoms with E-state index in [-0.39, 0.29) is 17.5 Å². The van der Waals surface area contributed by atoms with Crippen LogP contribution < -0.4 is 4.90 Å². The fraction of sp³-hybridized carbons (Fsp3) is 0.222. The molecule has 3 aromatic carbocycles. The third-order valence-corrected chi connectivity index (χ3v) is 7.02. The summed E-state index contributed by atoms with van der Waals surface area (Å²) < 4.78 is 15.2. The van der Waals surface area contributed by atoms with Gasteiger partial charge < -0.3 is 9.80 Å². The average Bonchev–Trinajstić information content (AvgIpc) is 3.33. The van der Waals surface area contributed by atoms with Crippen LogP contribution in [0.4, 0.5) is 10.1 Å². The summed E-state index contributed by atoms with van der Waals surface area (Å²) in [6.07, 6.45) is 0. The van der Waals surface area contributed by atoms with Crippen LogP contribution >= 0.6 is 11.8 Å². The van der Waals surface area contributed by atoms with Crippen molar-refractivity contribution in [1.29, 1.82) is 0 Å². The largest absolute Gasteiger partial charge is 0.368 e. The molecule has 0 atom stereocenters. The minimum atomic E-state index is -0.242. The molecule has 5 rings (SSSR count). The summed E-state index contributed by atoms with van der Waals surface area (Å²) in [7, 11) is 0. The Hall–Kier alpha value is -3.65. The third-order valence-electron chi connectivity index (χ3n) is 6.11. The second kappa shape index (κ2) is 10.3. The molecule has 178 valence electrons. The van der Waals surface area contributed by atoms with Gasteiger partial charge in [-0.3, -0.25) is 9.36 Å². The van der Waals surface area contributed by atoms with Crippen LogP contribution in [0, 0.1) is 12.7 Å². The molecule has 1 saturated heterocycles. The molecule has 4 aromatic rings. The molecule has 1 aliphatic rings. The van der Waals surface area contributed by atoms with E-state index < -0.39 is 0 Å². The molecule has 8 heteroatoms. The van der Waals surface area contributed by atoms with E-state index in [1.807, 2.05) is 51.9 Å². The van der Waals surface area contributed by atoms with Crippen LogP contribution in [-0.2, 0) is 4.79 Å². The summed E-state index contributed by atoms with van der Waals surface area (Å²) in [6.45, 7) is 4.77. The Morgan fingerprint density at radius 3 is 2.20 bits per heavy atom. The topological polar surface area (TPSA) is 54.3 Å². The summed E-state index contributed by atoms with van der Waals surface area (Å²) in [5.41, 5.74) is 4.08. The minimum Gasteiger partial charge on any atom is -0.368 e. The van der Waals surface area contributed by atoms with Crippen molar-refractivity contribution in [1.82, 2.24) is 19.7 Å². The van der Waals surface area contributed by atoms with Gasteiger partial charge in [-0.15, -0.1) is 10.2 Å². The number of rotatable bonds is 6. The predicted octanol–water partition coefficient (Wildman–Crippen LogP) is 4.82. The van der Waals surface area contributed by atoms with E-state index in [1.165, 1.54) is 29.5 Å². The van der Waals surface area contributed by atoms with Gasteiger partial charge in [0, 0.05) is 43.1 Å². The molecule has 1 aliphatic heterocycles. The van der Waals surface area contributed by atoms with Gasteiger partial charge in [0.05, 0.1) is 5.75 Å². The first-order chi connectivity index (χ1) is 17.1.